The number of allylic oxidation sites excluding steroid dienone is 2. The van der Waals surface area contributed by atoms with Crippen LogP contribution in [0.1, 0.15) is 32.1 Å². The standard InChI is InChI=1S/C28H31N5O2/c29-27-26(21-9-11-24(12-10-21)35-23-6-2-1-3-7-23)28(32-19-31-27)30-17-20-13-15-33(16-14-20)25-8-4-5-22(25)18-34/h1-3,6-7,9-12,18-20H,4-5,8,13-17H2,(H3,29,30,31,32). The van der Waals surface area contributed by atoms with Crippen LogP contribution in [0.4, 0.5) is 11.6 Å². The monoisotopic (exact) mass is 469 g/mol. The first-order chi connectivity index (χ1) is 17.2. The highest BCUT2D eigenvalue weighted by Crippen LogP contribution is 2.34. The van der Waals surface area contributed by atoms with Crippen LogP contribution in [-0.2, 0) is 4.79 Å². The highest BCUT2D eigenvalue weighted by molar-refractivity contribution is 5.83. The molecule has 1 aromatic heterocycles. The van der Waals surface area contributed by atoms with Crippen LogP contribution < -0.4 is 15.8 Å². The topological polar surface area (TPSA) is 93.4 Å². The van der Waals surface area contributed by atoms with E-state index in [-0.39, 0.29) is 0 Å². The number of anilines is 2. The number of para-hydroxylation sites is 1. The number of piperidine rings is 1. The number of nitrogens with zero attached hydrogens (tertiary/aromatic N) is 3. The summed E-state index contributed by atoms with van der Waals surface area (Å²) < 4.78 is 5.91. The van der Waals surface area contributed by atoms with Gasteiger partial charge in [0, 0.05) is 30.9 Å². The molecule has 5 rings (SSSR count). The number of hydrogen-bond donors (Lipinski definition) is 2. The second-order valence-electron chi connectivity index (χ2n) is 9.18. The van der Waals surface area contributed by atoms with Crippen molar-refractivity contribution in [3.8, 4) is 22.6 Å². The number of aromatic nitrogens is 2. The number of carbonyl (C=O) groups is 1. The van der Waals surface area contributed by atoms with Crippen LogP contribution in [0.2, 0.25) is 0 Å². The molecule has 35 heavy (non-hydrogen) atoms. The van der Waals surface area contributed by atoms with E-state index in [4.69, 9.17) is 10.5 Å². The maximum Gasteiger partial charge on any atom is 0.147 e. The summed E-state index contributed by atoms with van der Waals surface area (Å²) in [5, 5.41) is 3.53. The van der Waals surface area contributed by atoms with Crippen molar-refractivity contribution >= 4 is 17.9 Å². The number of nitrogens with two attached hydrogens (primary N) is 1. The summed E-state index contributed by atoms with van der Waals surface area (Å²) in [5.41, 5.74) is 10.3. The molecule has 7 heteroatoms. The molecule has 0 amide bonds. The van der Waals surface area contributed by atoms with Gasteiger partial charge in [-0.25, -0.2) is 9.97 Å². The molecule has 1 saturated heterocycles. The molecule has 0 spiro atoms. The largest absolute Gasteiger partial charge is 0.457 e. The molecule has 1 aliphatic carbocycles. The third-order valence-corrected chi connectivity index (χ3v) is 6.93. The fraction of sp³-hybridized carbons (Fsp3) is 0.321. The quantitative estimate of drug-likeness (QED) is 0.434. The average Bonchev–Trinajstić information content (AvgIpc) is 3.38. The Balaban J connectivity index is 1.23. The molecule has 0 bridgehead atoms. The molecule has 2 aliphatic rings. The third kappa shape index (κ3) is 5.29. The van der Waals surface area contributed by atoms with Gasteiger partial charge in [0.25, 0.3) is 0 Å². The van der Waals surface area contributed by atoms with Gasteiger partial charge in [0.2, 0.25) is 0 Å². The number of rotatable bonds is 8. The van der Waals surface area contributed by atoms with E-state index in [0.29, 0.717) is 11.7 Å². The Labute approximate surface area is 206 Å². The van der Waals surface area contributed by atoms with Crippen LogP contribution >= 0.6 is 0 Å². The number of nitrogens with one attached hydrogen (secondary N) is 1. The molecule has 2 heterocycles. The fourth-order valence-corrected chi connectivity index (χ4v) is 5.02. The van der Waals surface area contributed by atoms with Crippen molar-refractivity contribution in [3.05, 3.63) is 72.2 Å². The van der Waals surface area contributed by atoms with Crippen molar-refractivity contribution < 1.29 is 9.53 Å². The Morgan fingerprint density at radius 2 is 1.74 bits per heavy atom. The van der Waals surface area contributed by atoms with E-state index < -0.39 is 0 Å². The van der Waals surface area contributed by atoms with Crippen LogP contribution in [0.25, 0.3) is 11.1 Å². The van der Waals surface area contributed by atoms with Crippen molar-refractivity contribution in [3.63, 3.8) is 0 Å². The lowest BCUT2D eigenvalue weighted by atomic mass is 9.96. The van der Waals surface area contributed by atoms with Crippen molar-refractivity contribution in [1.82, 2.24) is 14.9 Å². The van der Waals surface area contributed by atoms with E-state index in [9.17, 15) is 4.79 Å². The number of nitrogen functional groups attached to an aromatic ring is 1. The third-order valence-electron chi connectivity index (χ3n) is 6.93. The lowest BCUT2D eigenvalue weighted by Gasteiger charge is -2.35. The van der Waals surface area contributed by atoms with Gasteiger partial charge in [-0.2, -0.15) is 0 Å². The molecular formula is C28H31N5O2. The van der Waals surface area contributed by atoms with E-state index in [1.165, 1.54) is 12.0 Å². The predicted molar refractivity (Wildman–Crippen MR) is 138 cm³/mol. The van der Waals surface area contributed by atoms with Gasteiger partial charge >= 0.3 is 0 Å². The van der Waals surface area contributed by atoms with Gasteiger partial charge in [0.05, 0.1) is 5.56 Å². The maximum atomic E-state index is 11.3. The number of carbonyl (C=O) groups excluding carboxylic acids is 1. The number of aldehydes is 1. The minimum atomic E-state index is 0.448. The zero-order valence-corrected chi connectivity index (χ0v) is 19.8. The number of benzene rings is 2. The van der Waals surface area contributed by atoms with E-state index in [0.717, 1.165) is 92.0 Å². The van der Waals surface area contributed by atoms with Crippen molar-refractivity contribution in [1.29, 1.82) is 0 Å². The zero-order valence-electron chi connectivity index (χ0n) is 19.8. The summed E-state index contributed by atoms with van der Waals surface area (Å²) in [6, 6.07) is 17.5. The van der Waals surface area contributed by atoms with Gasteiger partial charge in [-0.1, -0.05) is 30.3 Å². The molecule has 0 saturated carbocycles. The molecular weight excluding hydrogens is 438 g/mol. The summed E-state index contributed by atoms with van der Waals surface area (Å²) in [4.78, 5) is 22.5. The molecule has 180 valence electrons. The highest BCUT2D eigenvalue weighted by Gasteiger charge is 2.25. The summed E-state index contributed by atoms with van der Waals surface area (Å²) in [7, 11) is 0. The second-order valence-corrected chi connectivity index (χ2v) is 9.18. The van der Waals surface area contributed by atoms with Gasteiger partial charge in [0.1, 0.15) is 35.7 Å². The molecule has 3 N–H and O–H groups in total. The second kappa shape index (κ2) is 10.6. The Morgan fingerprint density at radius 1 is 1.00 bits per heavy atom. The summed E-state index contributed by atoms with van der Waals surface area (Å²) in [5.74, 6) is 3.29. The van der Waals surface area contributed by atoms with Crippen LogP contribution in [0.3, 0.4) is 0 Å². The molecule has 2 aromatic carbocycles. The minimum Gasteiger partial charge on any atom is -0.457 e. The molecule has 7 nitrogen and oxygen atoms in total. The smallest absolute Gasteiger partial charge is 0.147 e. The summed E-state index contributed by atoms with van der Waals surface area (Å²) >= 11 is 0. The Hall–Kier alpha value is -3.87. The van der Waals surface area contributed by atoms with E-state index in [1.54, 1.807) is 0 Å². The Kier molecular flexibility index (Phi) is 6.93. The van der Waals surface area contributed by atoms with Gasteiger partial charge in [-0.05, 0) is 67.9 Å². The van der Waals surface area contributed by atoms with E-state index in [2.05, 4.69) is 20.2 Å². The minimum absolute atomic E-state index is 0.448. The normalized spacial score (nSPS) is 16.4. The first-order valence-electron chi connectivity index (χ1n) is 12.3. The summed E-state index contributed by atoms with van der Waals surface area (Å²) in [6.45, 7) is 2.83. The number of hydrogen-bond acceptors (Lipinski definition) is 7. The number of ether oxygens (including phenoxy) is 1. The molecule has 0 atom stereocenters. The lowest BCUT2D eigenvalue weighted by molar-refractivity contribution is -0.105. The summed E-state index contributed by atoms with van der Waals surface area (Å²) in [6.07, 6.45) is 7.80. The van der Waals surface area contributed by atoms with Crippen LogP contribution in [0, 0.1) is 5.92 Å². The molecule has 1 aliphatic heterocycles. The van der Waals surface area contributed by atoms with E-state index >= 15 is 0 Å². The number of likely N-dealkylation sites (tertiary alicyclic amines) is 1. The molecule has 0 radical (unpaired) electrons. The fourth-order valence-electron chi connectivity index (χ4n) is 5.02. The lowest BCUT2D eigenvalue weighted by Crippen LogP contribution is -2.35. The SMILES string of the molecule is Nc1ncnc(NCC2CCN(C3=C(C=O)CCC3)CC2)c1-c1ccc(Oc2ccccc2)cc1. The van der Waals surface area contributed by atoms with Crippen LogP contribution in [-0.4, -0.2) is 40.8 Å². The highest BCUT2D eigenvalue weighted by atomic mass is 16.5. The van der Waals surface area contributed by atoms with Crippen molar-refractivity contribution in [2.45, 2.75) is 32.1 Å². The van der Waals surface area contributed by atoms with Crippen LogP contribution in [0.15, 0.2) is 72.2 Å². The maximum absolute atomic E-state index is 11.3. The van der Waals surface area contributed by atoms with E-state index in [1.807, 2.05) is 54.6 Å². The van der Waals surface area contributed by atoms with Crippen molar-refractivity contribution in [2.75, 3.05) is 30.7 Å². The van der Waals surface area contributed by atoms with Gasteiger partial charge < -0.3 is 20.7 Å². The first kappa shape index (κ1) is 22.9. The molecule has 1 fully saturated rings. The zero-order chi connectivity index (χ0) is 24.0. The Morgan fingerprint density at radius 3 is 2.49 bits per heavy atom. The molecule has 3 aromatic rings. The average molecular weight is 470 g/mol. The Bertz CT molecular complexity index is 1190. The first-order valence-corrected chi connectivity index (χ1v) is 12.3. The van der Waals surface area contributed by atoms with Crippen molar-refractivity contribution in [2.24, 2.45) is 5.92 Å². The van der Waals surface area contributed by atoms with Gasteiger partial charge in [0.15, 0.2) is 0 Å². The molecule has 0 unspecified atom stereocenters. The van der Waals surface area contributed by atoms with Gasteiger partial charge in [-0.3, -0.25) is 4.79 Å². The van der Waals surface area contributed by atoms with Gasteiger partial charge in [-0.15, -0.1) is 0 Å². The predicted octanol–water partition coefficient (Wildman–Crippen LogP) is 5.28. The van der Waals surface area contributed by atoms with Crippen LogP contribution in [0.5, 0.6) is 11.5 Å².